The number of anilines is 3. The zero-order valence-electron chi connectivity index (χ0n) is 32.0. The quantitative estimate of drug-likeness (QED) is 0.169. The molecule has 0 unspecified atom stereocenters. The van der Waals surface area contributed by atoms with E-state index in [0.717, 1.165) is 77.5 Å². The summed E-state index contributed by atoms with van der Waals surface area (Å²) in [5.41, 5.74) is 13.6. The second kappa shape index (κ2) is 13.4. The van der Waals surface area contributed by atoms with Crippen LogP contribution < -0.4 is 4.90 Å². The highest BCUT2D eigenvalue weighted by Crippen LogP contribution is 2.44. The molecule has 0 aliphatic carbocycles. The summed E-state index contributed by atoms with van der Waals surface area (Å²) in [6.07, 6.45) is 0. The van der Waals surface area contributed by atoms with Gasteiger partial charge in [-0.15, -0.1) is 0 Å². The molecule has 3 heteroatoms. The smallest absolute Gasteiger partial charge is 0.143 e. The van der Waals surface area contributed by atoms with Gasteiger partial charge in [0.2, 0.25) is 0 Å². The molecule has 0 radical (unpaired) electrons. The second-order valence-electron chi connectivity index (χ2n) is 15.3. The minimum Gasteiger partial charge on any atom is -0.456 e. The summed E-state index contributed by atoms with van der Waals surface area (Å²) in [6, 6.07) is 75.6. The maximum atomic E-state index is 6.92. The van der Waals surface area contributed by atoms with Gasteiger partial charge in [-0.1, -0.05) is 152 Å². The first-order chi connectivity index (χ1) is 29.2. The lowest BCUT2D eigenvalue weighted by atomic mass is 9.93. The molecule has 2 heterocycles. The maximum absolute atomic E-state index is 6.92. The van der Waals surface area contributed by atoms with E-state index in [-0.39, 0.29) is 0 Å². The summed E-state index contributed by atoms with van der Waals surface area (Å²) in [7, 11) is 0. The molecule has 0 atom stereocenters. The Balaban J connectivity index is 0.977. The molecule has 0 bridgehead atoms. The number of nitrogens with zero attached hydrogens (tertiary/aromatic N) is 1. The average Bonchev–Trinajstić information content (AvgIpc) is 3.88. The fourth-order valence-electron chi connectivity index (χ4n) is 8.97. The number of furan rings is 2. The SMILES string of the molecule is c1ccc(-c2ccc(N(c3ccc(-c4cccc5c4oc4c6ccccc6c(-c6ccc7ccccc7c6)cc54)cc3)c3ccc4c(c3)oc3ccccc34)cc2)cc1. The van der Waals surface area contributed by atoms with Crippen LogP contribution in [0.4, 0.5) is 17.1 Å². The predicted octanol–water partition coefficient (Wildman–Crippen LogP) is 16.3. The highest BCUT2D eigenvalue weighted by Gasteiger charge is 2.20. The van der Waals surface area contributed by atoms with Crippen LogP contribution in [-0.2, 0) is 0 Å². The van der Waals surface area contributed by atoms with Crippen molar-refractivity contribution in [3.63, 3.8) is 0 Å². The summed E-state index contributed by atoms with van der Waals surface area (Å²) in [5.74, 6) is 0. The Morgan fingerprint density at radius 3 is 1.68 bits per heavy atom. The van der Waals surface area contributed by atoms with Crippen molar-refractivity contribution in [2.45, 2.75) is 0 Å². The summed E-state index contributed by atoms with van der Waals surface area (Å²) >= 11 is 0. The van der Waals surface area contributed by atoms with Gasteiger partial charge >= 0.3 is 0 Å². The van der Waals surface area contributed by atoms with E-state index in [9.17, 15) is 0 Å². The highest BCUT2D eigenvalue weighted by atomic mass is 16.3. The van der Waals surface area contributed by atoms with E-state index in [1.54, 1.807) is 0 Å². The van der Waals surface area contributed by atoms with Crippen LogP contribution in [0, 0.1) is 0 Å². The van der Waals surface area contributed by atoms with Crippen molar-refractivity contribution in [3.05, 3.63) is 212 Å². The van der Waals surface area contributed by atoms with E-state index >= 15 is 0 Å². The summed E-state index contributed by atoms with van der Waals surface area (Å²) < 4.78 is 13.3. The molecule has 0 saturated heterocycles. The largest absolute Gasteiger partial charge is 0.456 e. The molecule has 0 N–H and O–H groups in total. The molecule has 0 aliphatic heterocycles. The van der Waals surface area contributed by atoms with Crippen molar-refractivity contribution in [3.8, 4) is 33.4 Å². The molecule has 0 fully saturated rings. The molecular weight excluding hydrogens is 719 g/mol. The first kappa shape index (κ1) is 33.3. The zero-order chi connectivity index (χ0) is 38.9. The molecule has 2 aromatic heterocycles. The number of hydrogen-bond donors (Lipinski definition) is 0. The van der Waals surface area contributed by atoms with Gasteiger partial charge in [0.1, 0.15) is 22.3 Å². The molecule has 0 saturated carbocycles. The van der Waals surface area contributed by atoms with Crippen LogP contribution in [0.1, 0.15) is 0 Å². The van der Waals surface area contributed by atoms with Crippen LogP contribution in [0.15, 0.2) is 221 Å². The van der Waals surface area contributed by atoms with E-state index < -0.39 is 0 Å². The standard InChI is InChI=1S/C56H35NO2/c1-2-11-36(12-3-1)38-23-27-42(28-24-38)57(44-31-32-48-47-16-8-9-20-53(47)58-54(48)34-44)43-29-25-39(26-30-43)45-18-10-19-50-52-35-51(41-22-21-37-13-4-5-14-40(37)33-41)46-15-6-7-17-49(46)56(52)59-55(45)50/h1-35H. The van der Waals surface area contributed by atoms with Gasteiger partial charge in [-0.25, -0.2) is 0 Å². The van der Waals surface area contributed by atoms with Crippen molar-refractivity contribution in [2.24, 2.45) is 0 Å². The third kappa shape index (κ3) is 5.51. The van der Waals surface area contributed by atoms with Gasteiger partial charge < -0.3 is 13.7 Å². The van der Waals surface area contributed by atoms with Gasteiger partial charge in [-0.3, -0.25) is 0 Å². The van der Waals surface area contributed by atoms with Gasteiger partial charge in [-0.05, 0) is 98.6 Å². The van der Waals surface area contributed by atoms with Crippen molar-refractivity contribution in [2.75, 3.05) is 4.90 Å². The van der Waals surface area contributed by atoms with Crippen LogP contribution >= 0.6 is 0 Å². The van der Waals surface area contributed by atoms with E-state index in [1.807, 2.05) is 12.1 Å². The monoisotopic (exact) mass is 753 g/mol. The highest BCUT2D eigenvalue weighted by molar-refractivity contribution is 6.21. The molecule has 59 heavy (non-hydrogen) atoms. The third-order valence-electron chi connectivity index (χ3n) is 11.9. The van der Waals surface area contributed by atoms with Crippen LogP contribution in [0.2, 0.25) is 0 Å². The lowest BCUT2D eigenvalue weighted by Crippen LogP contribution is -2.09. The molecule has 12 rings (SSSR count). The van der Waals surface area contributed by atoms with Crippen molar-refractivity contribution < 1.29 is 8.83 Å². The Kier molecular flexibility index (Phi) is 7.54. The van der Waals surface area contributed by atoms with Gasteiger partial charge in [0.15, 0.2) is 0 Å². The third-order valence-corrected chi connectivity index (χ3v) is 11.9. The number of rotatable bonds is 6. The van der Waals surface area contributed by atoms with E-state index in [1.165, 1.54) is 38.4 Å². The van der Waals surface area contributed by atoms with Crippen molar-refractivity contribution >= 4 is 82.5 Å². The predicted molar refractivity (Wildman–Crippen MR) is 247 cm³/mol. The molecule has 12 aromatic rings. The molecule has 0 aliphatic rings. The van der Waals surface area contributed by atoms with Gasteiger partial charge in [-0.2, -0.15) is 0 Å². The summed E-state index contributed by atoms with van der Waals surface area (Å²) in [6.45, 7) is 0. The average molecular weight is 754 g/mol. The maximum Gasteiger partial charge on any atom is 0.143 e. The van der Waals surface area contributed by atoms with Crippen LogP contribution in [0.3, 0.4) is 0 Å². The molecular formula is C56H35NO2. The molecule has 3 nitrogen and oxygen atoms in total. The fraction of sp³-hybridized carbons (Fsp3) is 0. The Labute approximate surface area is 340 Å². The van der Waals surface area contributed by atoms with E-state index in [2.05, 4.69) is 205 Å². The minimum atomic E-state index is 0.860. The van der Waals surface area contributed by atoms with Crippen molar-refractivity contribution in [1.29, 1.82) is 0 Å². The number of hydrogen-bond acceptors (Lipinski definition) is 3. The minimum absolute atomic E-state index is 0.860. The fourth-order valence-corrected chi connectivity index (χ4v) is 8.97. The van der Waals surface area contributed by atoms with E-state index in [0.29, 0.717) is 0 Å². The van der Waals surface area contributed by atoms with Crippen molar-refractivity contribution in [1.82, 2.24) is 0 Å². The number of benzene rings is 10. The number of fused-ring (bicyclic) bond motifs is 9. The van der Waals surface area contributed by atoms with Crippen LogP contribution in [0.25, 0.3) is 98.8 Å². The molecule has 276 valence electrons. The Morgan fingerprint density at radius 2 is 0.864 bits per heavy atom. The lowest BCUT2D eigenvalue weighted by Gasteiger charge is -2.26. The molecule has 10 aromatic carbocycles. The second-order valence-corrected chi connectivity index (χ2v) is 15.3. The van der Waals surface area contributed by atoms with Gasteiger partial charge in [0.25, 0.3) is 0 Å². The Hall–Kier alpha value is -7.88. The molecule has 0 amide bonds. The Bertz CT molecular complexity index is 3540. The van der Waals surface area contributed by atoms with Gasteiger partial charge in [0, 0.05) is 55.6 Å². The summed E-state index contributed by atoms with van der Waals surface area (Å²) in [5, 5.41) is 9.21. The van der Waals surface area contributed by atoms with Crippen LogP contribution in [-0.4, -0.2) is 0 Å². The number of para-hydroxylation sites is 2. The first-order valence-electron chi connectivity index (χ1n) is 20.1. The lowest BCUT2D eigenvalue weighted by molar-refractivity contribution is 0.669. The van der Waals surface area contributed by atoms with Crippen LogP contribution in [0.5, 0.6) is 0 Å². The topological polar surface area (TPSA) is 29.5 Å². The summed E-state index contributed by atoms with van der Waals surface area (Å²) in [4.78, 5) is 2.30. The molecule has 0 spiro atoms. The normalized spacial score (nSPS) is 11.7. The van der Waals surface area contributed by atoms with E-state index in [4.69, 9.17) is 8.83 Å². The first-order valence-corrected chi connectivity index (χ1v) is 20.1. The Morgan fingerprint density at radius 1 is 0.271 bits per heavy atom. The van der Waals surface area contributed by atoms with Gasteiger partial charge in [0.05, 0.1) is 0 Å². The zero-order valence-corrected chi connectivity index (χ0v) is 32.0.